The summed E-state index contributed by atoms with van der Waals surface area (Å²) in [7, 11) is 0. The van der Waals surface area contributed by atoms with Crippen molar-refractivity contribution in [3.8, 4) is 6.07 Å². The summed E-state index contributed by atoms with van der Waals surface area (Å²) in [5.41, 5.74) is 1.45. The van der Waals surface area contributed by atoms with E-state index in [1.165, 1.54) is 0 Å². The molecule has 198 valence electrons. The number of nitriles is 1. The summed E-state index contributed by atoms with van der Waals surface area (Å²) in [6, 6.07) is 17.7. The van der Waals surface area contributed by atoms with Crippen LogP contribution >= 0.6 is 23.2 Å². The minimum absolute atomic E-state index is 0.00552. The number of piperidine rings is 1. The highest BCUT2D eigenvalue weighted by molar-refractivity contribution is 6.30. The smallest absolute Gasteiger partial charge is 0.229 e. The number of hydrogen-bond acceptors (Lipinski definition) is 4. The molecule has 0 aromatic heterocycles. The molecule has 0 N–H and O–H groups in total. The zero-order chi connectivity index (χ0) is 26.8. The van der Waals surface area contributed by atoms with Crippen LogP contribution in [-0.4, -0.2) is 35.3 Å². The van der Waals surface area contributed by atoms with E-state index < -0.39 is 11.2 Å². The van der Waals surface area contributed by atoms with Crippen molar-refractivity contribution in [1.82, 2.24) is 4.90 Å². The molecule has 0 aliphatic carbocycles. The third kappa shape index (κ3) is 6.15. The number of carbonyl (C=O) groups excluding carboxylic acids is 1. The van der Waals surface area contributed by atoms with Gasteiger partial charge in [0.2, 0.25) is 5.91 Å². The first-order valence-corrected chi connectivity index (χ1v) is 13.8. The Morgan fingerprint density at radius 1 is 1.11 bits per heavy atom. The Kier molecular flexibility index (Phi) is 8.55. The second-order valence-corrected chi connectivity index (χ2v) is 11.9. The van der Waals surface area contributed by atoms with Crippen molar-refractivity contribution in [3.05, 3.63) is 69.7 Å². The molecule has 5 atom stereocenters. The van der Waals surface area contributed by atoms with Crippen molar-refractivity contribution < 1.29 is 14.3 Å². The minimum Gasteiger partial charge on any atom is -0.348 e. The molecule has 0 bridgehead atoms. The molecule has 2 heterocycles. The molecule has 2 fully saturated rings. The number of hydrogen-bond donors (Lipinski definition) is 0. The molecule has 0 saturated carbocycles. The normalized spacial score (nSPS) is 28.2. The van der Waals surface area contributed by atoms with E-state index in [2.05, 4.69) is 30.9 Å². The maximum Gasteiger partial charge on any atom is 0.229 e. The average Bonchev–Trinajstić information content (AvgIpc) is 3.20. The fraction of sp³-hybridized carbons (Fsp3) is 0.533. The first-order valence-electron chi connectivity index (χ1n) is 13.1. The highest BCUT2D eigenvalue weighted by Gasteiger charge is 2.53. The fourth-order valence-electron chi connectivity index (χ4n) is 6.11. The van der Waals surface area contributed by atoms with Gasteiger partial charge in [-0.25, -0.2) is 0 Å². The summed E-state index contributed by atoms with van der Waals surface area (Å²) in [6.45, 7) is 8.42. The Balaban J connectivity index is 1.83. The maximum atomic E-state index is 14.5. The Hall–Kier alpha value is -2.10. The molecule has 4 rings (SSSR count). The van der Waals surface area contributed by atoms with Gasteiger partial charge in [-0.1, -0.05) is 61.3 Å². The first-order chi connectivity index (χ1) is 17.6. The maximum absolute atomic E-state index is 14.5. The predicted molar refractivity (Wildman–Crippen MR) is 146 cm³/mol. The molecular formula is C30H36Cl2N2O3. The minimum atomic E-state index is -0.676. The van der Waals surface area contributed by atoms with Gasteiger partial charge in [-0.05, 0) is 74.9 Å². The van der Waals surface area contributed by atoms with E-state index >= 15 is 0 Å². The number of likely N-dealkylation sites (tertiary alicyclic amines) is 1. The number of nitrogens with zero attached hydrogens (tertiary/aromatic N) is 2. The molecule has 0 spiro atoms. The van der Waals surface area contributed by atoms with Crippen LogP contribution in [0, 0.1) is 16.7 Å². The predicted octanol–water partition coefficient (Wildman–Crippen LogP) is 7.68. The molecule has 5 nitrogen and oxygen atoms in total. The molecule has 2 aromatic carbocycles. The Morgan fingerprint density at radius 2 is 1.84 bits per heavy atom. The van der Waals surface area contributed by atoms with E-state index in [0.717, 1.165) is 17.5 Å². The van der Waals surface area contributed by atoms with Crippen LogP contribution in [0.3, 0.4) is 0 Å². The van der Waals surface area contributed by atoms with Gasteiger partial charge < -0.3 is 14.4 Å². The second kappa shape index (κ2) is 11.3. The number of ether oxygens (including phenoxy) is 2. The van der Waals surface area contributed by atoms with E-state index in [1.807, 2.05) is 56.3 Å². The zero-order valence-corrected chi connectivity index (χ0v) is 23.6. The van der Waals surface area contributed by atoms with Gasteiger partial charge in [0.25, 0.3) is 0 Å². The van der Waals surface area contributed by atoms with Gasteiger partial charge in [-0.2, -0.15) is 5.26 Å². The van der Waals surface area contributed by atoms with Crippen LogP contribution in [0.15, 0.2) is 48.5 Å². The second-order valence-electron chi connectivity index (χ2n) is 11.0. The number of rotatable bonds is 8. The Labute approximate surface area is 230 Å². The summed E-state index contributed by atoms with van der Waals surface area (Å²) in [4.78, 5) is 16.6. The monoisotopic (exact) mass is 542 g/mol. The molecule has 37 heavy (non-hydrogen) atoms. The number of carbonyl (C=O) groups is 1. The van der Waals surface area contributed by atoms with E-state index in [0.29, 0.717) is 42.3 Å². The van der Waals surface area contributed by atoms with Gasteiger partial charge >= 0.3 is 0 Å². The zero-order valence-electron chi connectivity index (χ0n) is 22.0. The van der Waals surface area contributed by atoms with Crippen LogP contribution in [0.25, 0.3) is 0 Å². The number of halogens is 2. The molecule has 2 aliphatic heterocycles. The summed E-state index contributed by atoms with van der Waals surface area (Å²) in [5, 5.41) is 10.7. The summed E-state index contributed by atoms with van der Waals surface area (Å²) >= 11 is 12.7. The standard InChI is InChI=1S/C30H36Cl2N2O3/c1-5-24(10-7-15-33)34-27(20-11-13-22(31)14-12-20)26(21-8-6-9-23(32)16-21)18-30(4,28(34)35)17-25-19-36-29(2,3)37-25/h6,8-9,11-14,16,24-27H,5,7,10,17-19H2,1-4H3/t24?,25?,26?,27?,30-/m0/s1. The van der Waals surface area contributed by atoms with Crippen molar-refractivity contribution in [1.29, 1.82) is 5.26 Å². The average molecular weight is 544 g/mol. The largest absolute Gasteiger partial charge is 0.348 e. The third-order valence-electron chi connectivity index (χ3n) is 7.79. The Bertz CT molecular complexity index is 1150. The van der Waals surface area contributed by atoms with Gasteiger partial charge in [0.15, 0.2) is 5.79 Å². The molecule has 0 radical (unpaired) electrons. The number of benzene rings is 2. The lowest BCUT2D eigenvalue weighted by Crippen LogP contribution is -2.56. The van der Waals surface area contributed by atoms with Crippen molar-refractivity contribution in [3.63, 3.8) is 0 Å². The summed E-state index contributed by atoms with van der Waals surface area (Å²) < 4.78 is 12.0. The number of amides is 1. The third-order valence-corrected chi connectivity index (χ3v) is 8.28. The van der Waals surface area contributed by atoms with Crippen LogP contribution in [-0.2, 0) is 14.3 Å². The van der Waals surface area contributed by atoms with Crippen LogP contribution in [0.2, 0.25) is 10.0 Å². The molecule has 7 heteroatoms. The van der Waals surface area contributed by atoms with Gasteiger partial charge in [0, 0.05) is 33.8 Å². The van der Waals surface area contributed by atoms with E-state index in [1.54, 1.807) is 0 Å². The van der Waals surface area contributed by atoms with Crippen LogP contribution < -0.4 is 0 Å². The topological polar surface area (TPSA) is 62.6 Å². The van der Waals surface area contributed by atoms with E-state index in [9.17, 15) is 10.1 Å². The fourth-order valence-corrected chi connectivity index (χ4v) is 6.43. The van der Waals surface area contributed by atoms with Crippen LogP contribution in [0.4, 0.5) is 0 Å². The quantitative estimate of drug-likeness (QED) is 0.343. The van der Waals surface area contributed by atoms with Gasteiger partial charge in [-0.15, -0.1) is 0 Å². The lowest BCUT2D eigenvalue weighted by atomic mass is 9.66. The highest BCUT2D eigenvalue weighted by atomic mass is 35.5. The molecule has 2 saturated heterocycles. The molecule has 2 aromatic rings. The summed E-state index contributed by atoms with van der Waals surface area (Å²) in [6.07, 6.45) is 2.80. The van der Waals surface area contributed by atoms with Crippen molar-refractivity contribution in [2.75, 3.05) is 6.61 Å². The van der Waals surface area contributed by atoms with Crippen LogP contribution in [0.1, 0.15) is 82.9 Å². The SMILES string of the molecule is CCC(CCC#N)N1C(=O)[C@@](C)(CC2COC(C)(C)O2)CC(c2cccc(Cl)c2)C1c1ccc(Cl)cc1. The molecular weight excluding hydrogens is 507 g/mol. The molecule has 1 amide bonds. The van der Waals surface area contributed by atoms with E-state index in [4.69, 9.17) is 32.7 Å². The van der Waals surface area contributed by atoms with Gasteiger partial charge in [0.05, 0.1) is 24.8 Å². The summed E-state index contributed by atoms with van der Waals surface area (Å²) in [5.74, 6) is -0.562. The lowest BCUT2D eigenvalue weighted by molar-refractivity contribution is -0.163. The van der Waals surface area contributed by atoms with Crippen molar-refractivity contribution >= 4 is 29.1 Å². The first kappa shape index (κ1) is 27.9. The van der Waals surface area contributed by atoms with Crippen LogP contribution in [0.5, 0.6) is 0 Å². The van der Waals surface area contributed by atoms with E-state index in [-0.39, 0.29) is 30.0 Å². The van der Waals surface area contributed by atoms with Crippen molar-refractivity contribution in [2.45, 2.75) is 89.7 Å². The molecule has 2 aliphatic rings. The van der Waals surface area contributed by atoms with Gasteiger partial charge in [-0.3, -0.25) is 4.79 Å². The Morgan fingerprint density at radius 3 is 2.43 bits per heavy atom. The molecule has 4 unspecified atom stereocenters. The van der Waals surface area contributed by atoms with Gasteiger partial charge in [0.1, 0.15) is 0 Å². The lowest BCUT2D eigenvalue weighted by Gasteiger charge is -2.52. The van der Waals surface area contributed by atoms with Crippen molar-refractivity contribution in [2.24, 2.45) is 5.41 Å². The highest BCUT2D eigenvalue weighted by Crippen LogP contribution is 2.53.